The first-order valence-corrected chi connectivity index (χ1v) is 6.26. The smallest absolute Gasteiger partial charge is 0.360 e. The van der Waals surface area contributed by atoms with E-state index in [9.17, 15) is 4.79 Å². The third kappa shape index (κ3) is 3.22. The van der Waals surface area contributed by atoms with Crippen molar-refractivity contribution in [2.75, 3.05) is 32.1 Å². The summed E-state index contributed by atoms with van der Waals surface area (Å²) in [5.74, 6) is -0.447. The van der Waals surface area contributed by atoms with E-state index in [4.69, 9.17) is 9.15 Å². The van der Waals surface area contributed by atoms with Gasteiger partial charge in [0.05, 0.1) is 6.61 Å². The topological polar surface area (TPSA) is 67.6 Å². The summed E-state index contributed by atoms with van der Waals surface area (Å²) in [5, 5.41) is 3.21. The van der Waals surface area contributed by atoms with Crippen molar-refractivity contribution >= 4 is 12.0 Å². The fourth-order valence-corrected chi connectivity index (χ4v) is 1.97. The van der Waals surface area contributed by atoms with E-state index in [0.29, 0.717) is 18.7 Å². The fourth-order valence-electron chi connectivity index (χ4n) is 1.97. The summed E-state index contributed by atoms with van der Waals surface area (Å²) in [6.45, 7) is 4.21. The predicted molar refractivity (Wildman–Crippen MR) is 66.6 cm³/mol. The minimum Gasteiger partial charge on any atom is -0.461 e. The molecule has 6 heteroatoms. The van der Waals surface area contributed by atoms with Crippen molar-refractivity contribution in [2.45, 2.75) is 25.8 Å². The molecule has 0 aromatic carbocycles. The van der Waals surface area contributed by atoms with Crippen LogP contribution in [0, 0.1) is 0 Å². The van der Waals surface area contributed by atoms with E-state index in [1.54, 1.807) is 6.92 Å². The molecule has 2 heterocycles. The Morgan fingerprint density at radius 3 is 3.00 bits per heavy atom. The Morgan fingerprint density at radius 1 is 1.61 bits per heavy atom. The molecule has 0 bridgehead atoms. The molecule has 2 rings (SSSR count). The third-order valence-corrected chi connectivity index (χ3v) is 3.03. The number of likely N-dealkylation sites (tertiary alicyclic amines) is 1. The van der Waals surface area contributed by atoms with Crippen LogP contribution in [0.2, 0.25) is 0 Å². The maximum absolute atomic E-state index is 11.4. The van der Waals surface area contributed by atoms with Crippen LogP contribution in [-0.4, -0.2) is 48.6 Å². The van der Waals surface area contributed by atoms with Crippen LogP contribution in [0.1, 0.15) is 30.3 Å². The van der Waals surface area contributed by atoms with E-state index < -0.39 is 5.97 Å². The zero-order chi connectivity index (χ0) is 13.0. The maximum Gasteiger partial charge on any atom is 0.360 e. The molecule has 1 aromatic rings. The zero-order valence-electron chi connectivity index (χ0n) is 10.8. The molecule has 0 unspecified atom stereocenters. The number of carbonyl (C=O) groups excluding carboxylic acids is 1. The number of esters is 1. The first kappa shape index (κ1) is 12.9. The number of oxazole rings is 1. The molecule has 1 aliphatic rings. The van der Waals surface area contributed by atoms with Crippen molar-refractivity contribution in [3.63, 3.8) is 0 Å². The number of rotatable bonds is 4. The van der Waals surface area contributed by atoms with Gasteiger partial charge in [0.25, 0.3) is 6.01 Å². The van der Waals surface area contributed by atoms with E-state index in [0.717, 1.165) is 25.9 Å². The van der Waals surface area contributed by atoms with E-state index in [1.807, 2.05) is 0 Å². The number of aromatic nitrogens is 1. The number of carbonyl (C=O) groups is 1. The third-order valence-electron chi connectivity index (χ3n) is 3.03. The van der Waals surface area contributed by atoms with Gasteiger partial charge in [-0.1, -0.05) is 0 Å². The van der Waals surface area contributed by atoms with Crippen LogP contribution in [-0.2, 0) is 4.74 Å². The highest BCUT2D eigenvalue weighted by Gasteiger charge is 2.19. The lowest BCUT2D eigenvalue weighted by Gasteiger charge is -2.28. The van der Waals surface area contributed by atoms with E-state index in [-0.39, 0.29) is 5.69 Å². The summed E-state index contributed by atoms with van der Waals surface area (Å²) in [6.07, 6.45) is 3.43. The Hall–Kier alpha value is -1.56. The molecule has 1 fully saturated rings. The van der Waals surface area contributed by atoms with Gasteiger partial charge in [-0.15, -0.1) is 0 Å². The molecule has 0 amide bonds. The van der Waals surface area contributed by atoms with E-state index in [2.05, 4.69) is 22.2 Å². The Labute approximate surface area is 106 Å². The van der Waals surface area contributed by atoms with Gasteiger partial charge in [0.1, 0.15) is 6.26 Å². The molecular formula is C12H19N3O3. The van der Waals surface area contributed by atoms with Gasteiger partial charge in [0.2, 0.25) is 0 Å². The SMILES string of the molecule is CCOC(=O)c1coc(NC2CCN(C)CC2)n1. The Morgan fingerprint density at radius 2 is 2.33 bits per heavy atom. The molecule has 100 valence electrons. The highest BCUT2D eigenvalue weighted by molar-refractivity contribution is 5.87. The molecule has 1 N–H and O–H groups in total. The standard InChI is InChI=1S/C12H19N3O3/c1-3-17-11(16)10-8-18-12(14-10)13-9-4-6-15(2)7-5-9/h8-9H,3-7H2,1-2H3,(H,13,14). The average molecular weight is 253 g/mol. The second-order valence-corrected chi connectivity index (χ2v) is 4.48. The number of ether oxygens (including phenoxy) is 1. The molecule has 18 heavy (non-hydrogen) atoms. The minimum atomic E-state index is -0.447. The Balaban J connectivity index is 1.88. The average Bonchev–Trinajstić information content (AvgIpc) is 2.81. The quantitative estimate of drug-likeness (QED) is 0.817. The van der Waals surface area contributed by atoms with E-state index >= 15 is 0 Å². The number of nitrogens with one attached hydrogen (secondary N) is 1. The second-order valence-electron chi connectivity index (χ2n) is 4.48. The molecule has 1 aliphatic heterocycles. The van der Waals surface area contributed by atoms with Crippen LogP contribution in [0.5, 0.6) is 0 Å². The highest BCUT2D eigenvalue weighted by atomic mass is 16.5. The molecule has 6 nitrogen and oxygen atoms in total. The van der Waals surface area contributed by atoms with Crippen molar-refractivity contribution in [1.82, 2.24) is 9.88 Å². The van der Waals surface area contributed by atoms with Gasteiger partial charge < -0.3 is 19.4 Å². The van der Waals surface area contributed by atoms with Gasteiger partial charge in [0.15, 0.2) is 5.69 Å². The van der Waals surface area contributed by atoms with Crippen LogP contribution < -0.4 is 5.32 Å². The number of piperidine rings is 1. The summed E-state index contributed by atoms with van der Waals surface area (Å²) >= 11 is 0. The second kappa shape index (κ2) is 5.86. The van der Waals surface area contributed by atoms with E-state index in [1.165, 1.54) is 6.26 Å². The molecule has 0 aliphatic carbocycles. The molecule has 0 atom stereocenters. The molecule has 1 saturated heterocycles. The van der Waals surface area contributed by atoms with Crippen molar-refractivity contribution in [2.24, 2.45) is 0 Å². The molecular weight excluding hydrogens is 234 g/mol. The lowest BCUT2D eigenvalue weighted by Crippen LogP contribution is -2.36. The van der Waals surface area contributed by atoms with Crippen molar-refractivity contribution < 1.29 is 13.9 Å². The normalized spacial score (nSPS) is 17.7. The predicted octanol–water partition coefficient (Wildman–Crippen LogP) is 1.36. The summed E-state index contributed by atoms with van der Waals surface area (Å²) in [4.78, 5) is 17.8. The van der Waals surface area contributed by atoms with Crippen LogP contribution in [0.25, 0.3) is 0 Å². The largest absolute Gasteiger partial charge is 0.461 e. The molecule has 1 aromatic heterocycles. The van der Waals surface area contributed by atoms with Crippen LogP contribution >= 0.6 is 0 Å². The van der Waals surface area contributed by atoms with Gasteiger partial charge in [-0.25, -0.2) is 4.79 Å². The monoisotopic (exact) mass is 253 g/mol. The molecule has 0 spiro atoms. The number of hydrogen-bond acceptors (Lipinski definition) is 6. The Bertz CT molecular complexity index is 397. The fraction of sp³-hybridized carbons (Fsp3) is 0.667. The van der Waals surface area contributed by atoms with Gasteiger partial charge >= 0.3 is 5.97 Å². The summed E-state index contributed by atoms with van der Waals surface area (Å²) in [7, 11) is 2.11. The highest BCUT2D eigenvalue weighted by Crippen LogP contribution is 2.15. The summed E-state index contributed by atoms with van der Waals surface area (Å²) in [5.41, 5.74) is 0.215. The van der Waals surface area contributed by atoms with Crippen molar-refractivity contribution in [1.29, 1.82) is 0 Å². The number of hydrogen-bond donors (Lipinski definition) is 1. The summed E-state index contributed by atoms with van der Waals surface area (Å²) < 4.78 is 10.1. The Kier molecular flexibility index (Phi) is 4.19. The zero-order valence-corrected chi connectivity index (χ0v) is 10.8. The minimum absolute atomic E-state index is 0.215. The number of nitrogens with zero attached hydrogens (tertiary/aromatic N) is 2. The van der Waals surface area contributed by atoms with Gasteiger partial charge in [0, 0.05) is 6.04 Å². The number of anilines is 1. The first-order valence-electron chi connectivity index (χ1n) is 6.26. The lowest BCUT2D eigenvalue weighted by atomic mass is 10.1. The van der Waals surface area contributed by atoms with Crippen LogP contribution in [0.3, 0.4) is 0 Å². The lowest BCUT2D eigenvalue weighted by molar-refractivity contribution is 0.0519. The molecule has 0 saturated carbocycles. The van der Waals surface area contributed by atoms with Crippen molar-refractivity contribution in [3.8, 4) is 0 Å². The van der Waals surface area contributed by atoms with Gasteiger partial charge in [-0.2, -0.15) is 4.98 Å². The van der Waals surface area contributed by atoms with Crippen molar-refractivity contribution in [3.05, 3.63) is 12.0 Å². The summed E-state index contributed by atoms with van der Waals surface area (Å²) in [6, 6.07) is 0.752. The van der Waals surface area contributed by atoms with Gasteiger partial charge in [-0.05, 0) is 39.9 Å². The maximum atomic E-state index is 11.4. The van der Waals surface area contributed by atoms with Crippen LogP contribution in [0.4, 0.5) is 6.01 Å². The first-order chi connectivity index (χ1) is 8.69. The van der Waals surface area contributed by atoms with Crippen LogP contribution in [0.15, 0.2) is 10.7 Å². The molecule has 0 radical (unpaired) electrons. The van der Waals surface area contributed by atoms with Gasteiger partial charge in [-0.3, -0.25) is 0 Å².